The molecule has 0 heterocycles. The highest BCUT2D eigenvalue weighted by atomic mass is 16.3. The van der Waals surface area contributed by atoms with E-state index < -0.39 is 0 Å². The van der Waals surface area contributed by atoms with Crippen molar-refractivity contribution in [2.24, 2.45) is 0 Å². The number of aliphatic hydroxyl groups is 1. The zero-order valence-corrected chi connectivity index (χ0v) is 9.00. The molecule has 1 N–H and O–H groups in total. The predicted molar refractivity (Wildman–Crippen MR) is 55.8 cm³/mol. The molecule has 0 aliphatic heterocycles. The van der Waals surface area contributed by atoms with Gasteiger partial charge in [0.2, 0.25) is 0 Å². The smallest absolute Gasteiger partial charge is 0.0555 e. The topological polar surface area (TPSA) is 23.5 Å². The Hall–Kier alpha value is -0.0800. The maximum atomic E-state index is 9.53. The van der Waals surface area contributed by atoms with Crippen molar-refractivity contribution in [3.8, 4) is 0 Å². The van der Waals surface area contributed by atoms with Crippen LogP contribution in [0.3, 0.4) is 0 Å². The number of aliphatic hydroxyl groups excluding tert-OH is 1. The average molecular weight is 185 g/mol. The molecule has 2 heteroatoms. The third kappa shape index (κ3) is 3.65. The summed E-state index contributed by atoms with van der Waals surface area (Å²) >= 11 is 0. The number of unbranched alkanes of at least 4 members (excludes halogenated alkanes) is 1. The monoisotopic (exact) mass is 185 g/mol. The molecule has 0 amide bonds. The van der Waals surface area contributed by atoms with Gasteiger partial charge >= 0.3 is 0 Å². The first-order chi connectivity index (χ1) is 6.24. The molecule has 1 saturated carbocycles. The largest absolute Gasteiger partial charge is 0.393 e. The summed E-state index contributed by atoms with van der Waals surface area (Å²) in [5.41, 5.74) is 0. The molecule has 0 spiro atoms. The second-order valence-electron chi connectivity index (χ2n) is 4.31. The van der Waals surface area contributed by atoms with Crippen molar-refractivity contribution in [1.29, 1.82) is 0 Å². The molecule has 1 aliphatic rings. The lowest BCUT2D eigenvalue weighted by molar-refractivity contribution is 0.0724. The van der Waals surface area contributed by atoms with Gasteiger partial charge in [-0.2, -0.15) is 0 Å². The lowest BCUT2D eigenvalue weighted by atomic mass is 9.92. The normalized spacial score (nSPS) is 29.5. The minimum Gasteiger partial charge on any atom is -0.393 e. The molecule has 2 atom stereocenters. The number of hydrogen-bond acceptors (Lipinski definition) is 2. The minimum absolute atomic E-state index is 0.0390. The second kappa shape index (κ2) is 5.61. The van der Waals surface area contributed by atoms with Crippen LogP contribution in [0, 0.1) is 0 Å². The molecular weight excluding hydrogens is 162 g/mol. The third-order valence-corrected chi connectivity index (χ3v) is 3.11. The SMILES string of the molecule is CCCCN(C)C1CCCC(O)C1. The van der Waals surface area contributed by atoms with Crippen LogP contribution in [0.1, 0.15) is 45.4 Å². The minimum atomic E-state index is -0.0390. The summed E-state index contributed by atoms with van der Waals surface area (Å²) in [6.45, 7) is 3.41. The van der Waals surface area contributed by atoms with Gasteiger partial charge in [0.1, 0.15) is 0 Å². The van der Waals surface area contributed by atoms with E-state index in [4.69, 9.17) is 0 Å². The van der Waals surface area contributed by atoms with Gasteiger partial charge in [0, 0.05) is 6.04 Å². The number of hydrogen-bond donors (Lipinski definition) is 1. The van der Waals surface area contributed by atoms with E-state index in [2.05, 4.69) is 18.9 Å². The molecule has 0 aromatic carbocycles. The maximum Gasteiger partial charge on any atom is 0.0555 e. The van der Waals surface area contributed by atoms with E-state index in [0.717, 1.165) is 12.8 Å². The predicted octanol–water partition coefficient (Wildman–Crippen LogP) is 2.02. The third-order valence-electron chi connectivity index (χ3n) is 3.11. The van der Waals surface area contributed by atoms with Crippen molar-refractivity contribution in [3.63, 3.8) is 0 Å². The fourth-order valence-corrected chi connectivity index (χ4v) is 2.13. The van der Waals surface area contributed by atoms with Gasteiger partial charge in [-0.3, -0.25) is 0 Å². The quantitative estimate of drug-likeness (QED) is 0.724. The average Bonchev–Trinajstić information content (AvgIpc) is 2.14. The van der Waals surface area contributed by atoms with Crippen LogP contribution in [0.2, 0.25) is 0 Å². The van der Waals surface area contributed by atoms with Gasteiger partial charge in [0.15, 0.2) is 0 Å². The van der Waals surface area contributed by atoms with Gasteiger partial charge in [0.25, 0.3) is 0 Å². The highest BCUT2D eigenvalue weighted by Crippen LogP contribution is 2.22. The Morgan fingerprint density at radius 3 is 2.77 bits per heavy atom. The Morgan fingerprint density at radius 2 is 2.15 bits per heavy atom. The molecular formula is C11H23NO. The summed E-state index contributed by atoms with van der Waals surface area (Å²) in [6.07, 6.45) is 6.98. The zero-order valence-electron chi connectivity index (χ0n) is 9.00. The Bertz CT molecular complexity index is 138. The fourth-order valence-electron chi connectivity index (χ4n) is 2.13. The standard InChI is InChI=1S/C11H23NO/c1-3-4-8-12(2)10-6-5-7-11(13)9-10/h10-11,13H,3-9H2,1-2H3. The van der Waals surface area contributed by atoms with E-state index in [0.29, 0.717) is 6.04 Å². The maximum absolute atomic E-state index is 9.53. The van der Waals surface area contributed by atoms with Gasteiger partial charge < -0.3 is 10.0 Å². The van der Waals surface area contributed by atoms with Crippen LogP contribution in [0.15, 0.2) is 0 Å². The van der Waals surface area contributed by atoms with E-state index >= 15 is 0 Å². The summed E-state index contributed by atoms with van der Waals surface area (Å²) in [5.74, 6) is 0. The van der Waals surface area contributed by atoms with E-state index in [1.807, 2.05) is 0 Å². The van der Waals surface area contributed by atoms with Gasteiger partial charge in [-0.1, -0.05) is 13.3 Å². The molecule has 0 bridgehead atoms. The van der Waals surface area contributed by atoms with Crippen molar-refractivity contribution < 1.29 is 5.11 Å². The van der Waals surface area contributed by atoms with Crippen LogP contribution < -0.4 is 0 Å². The highest BCUT2D eigenvalue weighted by Gasteiger charge is 2.22. The Balaban J connectivity index is 2.24. The number of rotatable bonds is 4. The van der Waals surface area contributed by atoms with Gasteiger partial charge in [-0.05, 0) is 45.7 Å². The number of nitrogens with zero attached hydrogens (tertiary/aromatic N) is 1. The Labute approximate surface area is 81.9 Å². The van der Waals surface area contributed by atoms with Crippen molar-refractivity contribution >= 4 is 0 Å². The van der Waals surface area contributed by atoms with Crippen LogP contribution in [-0.2, 0) is 0 Å². The molecule has 1 rings (SSSR count). The molecule has 1 fully saturated rings. The van der Waals surface area contributed by atoms with Crippen molar-refractivity contribution in [1.82, 2.24) is 4.90 Å². The molecule has 13 heavy (non-hydrogen) atoms. The summed E-state index contributed by atoms with van der Waals surface area (Å²) in [6, 6.07) is 0.635. The van der Waals surface area contributed by atoms with E-state index in [1.54, 1.807) is 0 Å². The molecule has 2 unspecified atom stereocenters. The summed E-state index contributed by atoms with van der Waals surface area (Å²) < 4.78 is 0. The molecule has 1 aliphatic carbocycles. The van der Waals surface area contributed by atoms with Crippen LogP contribution in [-0.4, -0.2) is 35.7 Å². The molecule has 0 radical (unpaired) electrons. The zero-order chi connectivity index (χ0) is 9.68. The summed E-state index contributed by atoms with van der Waals surface area (Å²) in [7, 11) is 2.19. The molecule has 2 nitrogen and oxygen atoms in total. The summed E-state index contributed by atoms with van der Waals surface area (Å²) in [4.78, 5) is 2.42. The first kappa shape index (κ1) is 11.0. The second-order valence-corrected chi connectivity index (χ2v) is 4.31. The molecule has 0 aromatic rings. The van der Waals surface area contributed by atoms with Crippen LogP contribution in [0.25, 0.3) is 0 Å². The van der Waals surface area contributed by atoms with Crippen LogP contribution in [0.4, 0.5) is 0 Å². The first-order valence-corrected chi connectivity index (χ1v) is 5.62. The van der Waals surface area contributed by atoms with E-state index in [-0.39, 0.29) is 6.10 Å². The van der Waals surface area contributed by atoms with Gasteiger partial charge in [-0.15, -0.1) is 0 Å². The first-order valence-electron chi connectivity index (χ1n) is 5.62. The lowest BCUT2D eigenvalue weighted by Crippen LogP contribution is -2.38. The lowest BCUT2D eigenvalue weighted by Gasteiger charge is -2.33. The van der Waals surface area contributed by atoms with Crippen LogP contribution in [0.5, 0.6) is 0 Å². The Kier molecular flexibility index (Phi) is 4.74. The molecule has 0 aromatic heterocycles. The highest BCUT2D eigenvalue weighted by molar-refractivity contribution is 4.78. The Morgan fingerprint density at radius 1 is 1.38 bits per heavy atom. The van der Waals surface area contributed by atoms with Gasteiger partial charge in [-0.25, -0.2) is 0 Å². The van der Waals surface area contributed by atoms with Gasteiger partial charge in [0.05, 0.1) is 6.10 Å². The van der Waals surface area contributed by atoms with E-state index in [1.165, 1.54) is 32.2 Å². The molecule has 78 valence electrons. The van der Waals surface area contributed by atoms with Crippen molar-refractivity contribution in [3.05, 3.63) is 0 Å². The van der Waals surface area contributed by atoms with Crippen molar-refractivity contribution in [2.45, 2.75) is 57.6 Å². The fraction of sp³-hybridized carbons (Fsp3) is 1.00. The molecule has 0 saturated heterocycles. The summed E-state index contributed by atoms with van der Waals surface area (Å²) in [5, 5.41) is 9.53. The van der Waals surface area contributed by atoms with E-state index in [9.17, 15) is 5.11 Å². The van der Waals surface area contributed by atoms with Crippen LogP contribution >= 0.6 is 0 Å². The van der Waals surface area contributed by atoms with Crippen molar-refractivity contribution in [2.75, 3.05) is 13.6 Å².